The van der Waals surface area contributed by atoms with Crippen LogP contribution in [0.3, 0.4) is 0 Å². The summed E-state index contributed by atoms with van der Waals surface area (Å²) < 4.78 is 15.8. The second kappa shape index (κ2) is 7.26. The van der Waals surface area contributed by atoms with Gasteiger partial charge in [-0.05, 0) is 20.3 Å². The summed E-state index contributed by atoms with van der Waals surface area (Å²) in [6.45, 7) is 6.74. The van der Waals surface area contributed by atoms with Gasteiger partial charge in [0.15, 0.2) is 0 Å². The van der Waals surface area contributed by atoms with Crippen molar-refractivity contribution in [2.75, 3.05) is 26.4 Å². The van der Waals surface area contributed by atoms with E-state index in [9.17, 15) is 5.11 Å². The molecule has 0 saturated carbocycles. The highest BCUT2D eigenvalue weighted by Gasteiger charge is 2.25. The van der Waals surface area contributed by atoms with E-state index in [-0.39, 0.29) is 6.61 Å². The third-order valence-corrected chi connectivity index (χ3v) is 1.47. The Morgan fingerprint density at radius 2 is 1.62 bits per heavy atom. The Bertz CT molecular complexity index is 110. The number of hydrogen-bond donors (Lipinski definition) is 0. The normalized spacial score (nSPS) is 12.0. The fourth-order valence-corrected chi connectivity index (χ4v) is 0.966. The second-order valence-corrected chi connectivity index (χ2v) is 2.63. The minimum atomic E-state index is -0.987. The minimum absolute atomic E-state index is 0.131. The Morgan fingerprint density at radius 1 is 1.08 bits per heavy atom. The lowest BCUT2D eigenvalue weighted by molar-refractivity contribution is -0.367. The molecule has 0 aliphatic carbocycles. The van der Waals surface area contributed by atoms with Crippen LogP contribution < -0.4 is 0 Å². The van der Waals surface area contributed by atoms with Crippen LogP contribution in [0.25, 0.3) is 0 Å². The Kier molecular flexibility index (Phi) is 7.17. The van der Waals surface area contributed by atoms with E-state index in [2.05, 4.69) is 0 Å². The summed E-state index contributed by atoms with van der Waals surface area (Å²) in [7, 11) is 0. The maximum atomic E-state index is 10.2. The van der Waals surface area contributed by atoms with Crippen LogP contribution >= 0.6 is 0 Å². The van der Waals surface area contributed by atoms with Gasteiger partial charge in [-0.2, -0.15) is 0 Å². The van der Waals surface area contributed by atoms with Gasteiger partial charge in [0, 0.05) is 20.1 Å². The quantitative estimate of drug-likeness (QED) is 0.432. The molecule has 79 valence electrons. The molecule has 0 bridgehead atoms. The fraction of sp³-hybridized carbons (Fsp3) is 1.00. The van der Waals surface area contributed by atoms with E-state index >= 15 is 0 Å². The lowest BCUT2D eigenvalue weighted by Crippen LogP contribution is -2.36. The Labute approximate surface area is 79.8 Å². The minimum Gasteiger partial charge on any atom is -0.328 e. The average Bonchev–Trinajstić information content (AvgIpc) is 2.05. The van der Waals surface area contributed by atoms with Crippen LogP contribution in [0.1, 0.15) is 27.2 Å². The number of rotatable bonds is 8. The predicted octanol–water partition coefficient (Wildman–Crippen LogP) is 1.57. The second-order valence-electron chi connectivity index (χ2n) is 2.63. The van der Waals surface area contributed by atoms with Gasteiger partial charge < -0.3 is 14.2 Å². The third kappa shape index (κ3) is 5.99. The zero-order valence-electron chi connectivity index (χ0n) is 8.67. The van der Waals surface area contributed by atoms with Crippen LogP contribution in [0, 0.1) is 0 Å². The Morgan fingerprint density at radius 3 is 2.00 bits per heavy atom. The number of hydrogen-bond acceptors (Lipinski definition) is 3. The van der Waals surface area contributed by atoms with Crippen molar-refractivity contribution in [3.63, 3.8) is 0 Å². The maximum Gasteiger partial charge on any atom is 0.279 e. The zero-order chi connectivity index (χ0) is 10.2. The molecule has 0 amide bonds. The molecule has 0 N–H and O–H groups in total. The SMILES string of the molecule is CCOC(C)(OCC)OCCC[O]. The molecule has 13 heavy (non-hydrogen) atoms. The molecular weight excluding hydrogens is 172 g/mol. The maximum absolute atomic E-state index is 10.2. The molecule has 4 nitrogen and oxygen atoms in total. The van der Waals surface area contributed by atoms with Gasteiger partial charge in [0.25, 0.3) is 5.97 Å². The molecule has 4 heteroatoms. The van der Waals surface area contributed by atoms with Crippen LogP contribution in [-0.4, -0.2) is 32.4 Å². The summed E-state index contributed by atoms with van der Waals surface area (Å²) in [5.74, 6) is -0.987. The van der Waals surface area contributed by atoms with E-state index in [1.807, 2.05) is 13.8 Å². The van der Waals surface area contributed by atoms with Crippen molar-refractivity contribution in [1.29, 1.82) is 0 Å². The highest BCUT2D eigenvalue weighted by atomic mass is 16.9. The van der Waals surface area contributed by atoms with Crippen LogP contribution in [0.15, 0.2) is 0 Å². The topological polar surface area (TPSA) is 47.6 Å². The fourth-order valence-electron chi connectivity index (χ4n) is 0.966. The van der Waals surface area contributed by atoms with Crippen molar-refractivity contribution < 1.29 is 19.3 Å². The molecule has 1 radical (unpaired) electrons. The van der Waals surface area contributed by atoms with Gasteiger partial charge in [-0.1, -0.05) is 0 Å². The zero-order valence-corrected chi connectivity index (χ0v) is 8.67. The first-order chi connectivity index (χ1) is 6.18. The third-order valence-electron chi connectivity index (χ3n) is 1.47. The van der Waals surface area contributed by atoms with Crippen LogP contribution in [0.2, 0.25) is 0 Å². The first kappa shape index (κ1) is 12.8. The summed E-state index contributed by atoms with van der Waals surface area (Å²) >= 11 is 0. The lowest BCUT2D eigenvalue weighted by atomic mass is 10.5. The standard InChI is InChI=1S/C9H19O4/c1-4-11-9(3,12-5-2)13-8-6-7-10/h4-8H2,1-3H3. The van der Waals surface area contributed by atoms with Crippen molar-refractivity contribution in [1.82, 2.24) is 0 Å². The molecule has 0 spiro atoms. The van der Waals surface area contributed by atoms with Gasteiger partial charge in [0.1, 0.15) is 0 Å². The molecule has 0 atom stereocenters. The summed E-state index contributed by atoms with van der Waals surface area (Å²) in [6, 6.07) is 0. The van der Waals surface area contributed by atoms with Crippen molar-refractivity contribution in [2.24, 2.45) is 0 Å². The van der Waals surface area contributed by atoms with E-state index in [1.165, 1.54) is 0 Å². The first-order valence-electron chi connectivity index (χ1n) is 4.68. The van der Waals surface area contributed by atoms with Gasteiger partial charge in [0.05, 0.1) is 13.2 Å². The molecule has 0 fully saturated rings. The van der Waals surface area contributed by atoms with E-state index in [4.69, 9.17) is 14.2 Å². The van der Waals surface area contributed by atoms with Crippen molar-refractivity contribution in [3.05, 3.63) is 0 Å². The smallest absolute Gasteiger partial charge is 0.279 e. The van der Waals surface area contributed by atoms with Crippen molar-refractivity contribution in [3.8, 4) is 0 Å². The van der Waals surface area contributed by atoms with E-state index in [0.717, 1.165) is 0 Å². The van der Waals surface area contributed by atoms with Crippen LogP contribution in [0.5, 0.6) is 0 Å². The largest absolute Gasteiger partial charge is 0.328 e. The van der Waals surface area contributed by atoms with Crippen LogP contribution in [-0.2, 0) is 19.3 Å². The lowest BCUT2D eigenvalue weighted by Gasteiger charge is -2.28. The average molecular weight is 191 g/mol. The van der Waals surface area contributed by atoms with Gasteiger partial charge in [-0.3, -0.25) is 0 Å². The van der Waals surface area contributed by atoms with Crippen molar-refractivity contribution in [2.45, 2.75) is 33.2 Å². The van der Waals surface area contributed by atoms with E-state index in [0.29, 0.717) is 26.2 Å². The molecule has 0 unspecified atom stereocenters. The Hall–Kier alpha value is -0.160. The van der Waals surface area contributed by atoms with E-state index in [1.54, 1.807) is 6.92 Å². The summed E-state index contributed by atoms with van der Waals surface area (Å²) in [4.78, 5) is 0. The summed E-state index contributed by atoms with van der Waals surface area (Å²) in [5.41, 5.74) is 0. The summed E-state index contributed by atoms with van der Waals surface area (Å²) in [5, 5.41) is 10.2. The Balaban J connectivity index is 3.76. The molecule has 0 saturated heterocycles. The first-order valence-corrected chi connectivity index (χ1v) is 4.68. The highest BCUT2D eigenvalue weighted by Crippen LogP contribution is 2.14. The molecule has 0 rings (SSSR count). The summed E-state index contributed by atoms with van der Waals surface area (Å²) in [6.07, 6.45) is 0.482. The van der Waals surface area contributed by atoms with Crippen molar-refractivity contribution >= 4 is 0 Å². The highest BCUT2D eigenvalue weighted by molar-refractivity contribution is 4.47. The molecule has 0 aromatic carbocycles. The van der Waals surface area contributed by atoms with E-state index < -0.39 is 5.97 Å². The van der Waals surface area contributed by atoms with Gasteiger partial charge in [-0.25, -0.2) is 5.11 Å². The number of ether oxygens (including phenoxy) is 3. The molecule has 0 aromatic heterocycles. The molecule has 0 heterocycles. The van der Waals surface area contributed by atoms with Crippen LogP contribution in [0.4, 0.5) is 0 Å². The molecule has 0 aliphatic rings. The van der Waals surface area contributed by atoms with Gasteiger partial charge in [-0.15, -0.1) is 0 Å². The molecule has 0 aromatic rings. The monoisotopic (exact) mass is 191 g/mol. The molecule has 0 aliphatic heterocycles. The molecular formula is C9H19O4. The predicted molar refractivity (Wildman–Crippen MR) is 47.8 cm³/mol. The van der Waals surface area contributed by atoms with Gasteiger partial charge >= 0.3 is 0 Å². The van der Waals surface area contributed by atoms with Gasteiger partial charge in [0.2, 0.25) is 0 Å².